The zero-order valence-corrected chi connectivity index (χ0v) is 16.8. The molecule has 1 saturated heterocycles. The van der Waals surface area contributed by atoms with Crippen molar-refractivity contribution < 1.29 is 34.8 Å². The predicted octanol–water partition coefficient (Wildman–Crippen LogP) is 1.05. The SMILES string of the molecule is C=CS(=O)(=O)NC[C@H]1CCN(S(=O)(=O)c2ccc(C(=O)NCC(F)(F)F)cc2)C1. The Bertz CT molecular complexity index is 961. The van der Waals surface area contributed by atoms with E-state index in [0.29, 0.717) is 6.42 Å². The van der Waals surface area contributed by atoms with Crippen molar-refractivity contribution in [2.24, 2.45) is 5.92 Å². The van der Waals surface area contributed by atoms with Crippen LogP contribution in [0.2, 0.25) is 0 Å². The van der Waals surface area contributed by atoms with Gasteiger partial charge in [0.25, 0.3) is 5.91 Å². The van der Waals surface area contributed by atoms with Crippen LogP contribution in [-0.2, 0) is 20.0 Å². The van der Waals surface area contributed by atoms with Crippen molar-refractivity contribution in [1.82, 2.24) is 14.3 Å². The summed E-state index contributed by atoms with van der Waals surface area (Å²) >= 11 is 0. The van der Waals surface area contributed by atoms with Gasteiger partial charge in [-0.1, -0.05) is 6.58 Å². The zero-order chi connectivity index (χ0) is 21.9. The van der Waals surface area contributed by atoms with Crippen molar-refractivity contribution >= 4 is 26.0 Å². The van der Waals surface area contributed by atoms with Gasteiger partial charge in [-0.25, -0.2) is 21.6 Å². The molecule has 1 fully saturated rings. The molecule has 162 valence electrons. The number of amides is 1. The molecule has 13 heteroatoms. The molecule has 0 bridgehead atoms. The molecule has 29 heavy (non-hydrogen) atoms. The van der Waals surface area contributed by atoms with E-state index in [9.17, 15) is 34.8 Å². The van der Waals surface area contributed by atoms with E-state index in [-0.39, 0.29) is 36.0 Å². The maximum Gasteiger partial charge on any atom is 0.405 e. The molecule has 1 aromatic carbocycles. The quantitative estimate of drug-likeness (QED) is 0.609. The van der Waals surface area contributed by atoms with Crippen LogP contribution >= 0.6 is 0 Å². The largest absolute Gasteiger partial charge is 0.405 e. The van der Waals surface area contributed by atoms with Crippen LogP contribution in [0.5, 0.6) is 0 Å². The highest BCUT2D eigenvalue weighted by Gasteiger charge is 2.33. The third-order valence-electron chi connectivity index (χ3n) is 4.24. The third kappa shape index (κ3) is 6.52. The van der Waals surface area contributed by atoms with Gasteiger partial charge in [-0.3, -0.25) is 4.79 Å². The molecule has 0 spiro atoms. The van der Waals surface area contributed by atoms with Gasteiger partial charge in [-0.05, 0) is 36.6 Å². The number of hydrogen-bond donors (Lipinski definition) is 2. The lowest BCUT2D eigenvalue weighted by Gasteiger charge is -2.17. The van der Waals surface area contributed by atoms with E-state index in [1.807, 2.05) is 0 Å². The number of nitrogens with zero attached hydrogens (tertiary/aromatic N) is 1. The molecule has 0 saturated carbocycles. The van der Waals surface area contributed by atoms with Gasteiger partial charge in [-0.2, -0.15) is 17.5 Å². The lowest BCUT2D eigenvalue weighted by Crippen LogP contribution is -2.34. The zero-order valence-electron chi connectivity index (χ0n) is 15.1. The fourth-order valence-corrected chi connectivity index (χ4v) is 4.80. The van der Waals surface area contributed by atoms with E-state index in [2.05, 4.69) is 11.3 Å². The summed E-state index contributed by atoms with van der Waals surface area (Å²) in [5.41, 5.74) is -0.105. The van der Waals surface area contributed by atoms with Crippen LogP contribution in [0.4, 0.5) is 13.2 Å². The first kappa shape index (κ1) is 23.3. The molecule has 1 aliphatic heterocycles. The van der Waals surface area contributed by atoms with E-state index in [1.165, 1.54) is 4.31 Å². The second-order valence-electron chi connectivity index (χ2n) is 6.40. The van der Waals surface area contributed by atoms with Crippen LogP contribution in [0.15, 0.2) is 41.1 Å². The van der Waals surface area contributed by atoms with E-state index >= 15 is 0 Å². The van der Waals surface area contributed by atoms with Gasteiger partial charge in [0, 0.05) is 30.6 Å². The van der Waals surface area contributed by atoms with Gasteiger partial charge in [0.1, 0.15) is 6.54 Å². The Kier molecular flexibility index (Phi) is 7.09. The smallest absolute Gasteiger partial charge is 0.343 e. The van der Waals surface area contributed by atoms with Crippen molar-refractivity contribution in [3.8, 4) is 0 Å². The highest BCUT2D eigenvalue weighted by atomic mass is 32.2. The summed E-state index contributed by atoms with van der Waals surface area (Å²) in [6, 6.07) is 4.55. The van der Waals surface area contributed by atoms with Crippen molar-refractivity contribution in [3.63, 3.8) is 0 Å². The van der Waals surface area contributed by atoms with E-state index in [4.69, 9.17) is 0 Å². The first-order chi connectivity index (χ1) is 13.3. The van der Waals surface area contributed by atoms with E-state index in [1.54, 1.807) is 5.32 Å². The van der Waals surface area contributed by atoms with Crippen LogP contribution in [-0.4, -0.2) is 59.4 Å². The van der Waals surface area contributed by atoms with Crippen molar-refractivity contribution in [3.05, 3.63) is 41.8 Å². The number of benzene rings is 1. The Morgan fingerprint density at radius 3 is 2.38 bits per heavy atom. The molecule has 0 radical (unpaired) electrons. The third-order valence-corrected chi connectivity index (χ3v) is 7.13. The molecule has 2 rings (SSSR count). The number of carbonyl (C=O) groups excluding carboxylic acids is 1. The maximum atomic E-state index is 12.7. The number of alkyl halides is 3. The predicted molar refractivity (Wildman–Crippen MR) is 98.8 cm³/mol. The second-order valence-corrected chi connectivity index (χ2v) is 10.1. The van der Waals surface area contributed by atoms with Gasteiger partial charge in [-0.15, -0.1) is 0 Å². The Balaban J connectivity index is 2.01. The molecule has 0 unspecified atom stereocenters. The fourth-order valence-electron chi connectivity index (χ4n) is 2.68. The van der Waals surface area contributed by atoms with Crippen molar-refractivity contribution in [2.45, 2.75) is 17.5 Å². The second kappa shape index (κ2) is 8.81. The van der Waals surface area contributed by atoms with Crippen LogP contribution in [0.3, 0.4) is 0 Å². The van der Waals surface area contributed by atoms with Gasteiger partial charge in [0.15, 0.2) is 0 Å². The summed E-state index contributed by atoms with van der Waals surface area (Å²) in [5, 5.41) is 2.47. The molecule has 1 amide bonds. The number of carbonyl (C=O) groups is 1. The minimum atomic E-state index is -4.55. The molecule has 1 heterocycles. The molecular weight excluding hydrogens is 435 g/mol. The summed E-state index contributed by atoms with van der Waals surface area (Å²) in [6.45, 7) is 2.05. The average molecular weight is 455 g/mol. The van der Waals surface area contributed by atoms with E-state index < -0.39 is 38.7 Å². The average Bonchev–Trinajstić information content (AvgIpc) is 3.14. The lowest BCUT2D eigenvalue weighted by molar-refractivity contribution is -0.123. The summed E-state index contributed by atoms with van der Waals surface area (Å²) in [5.74, 6) is -1.19. The normalized spacial score (nSPS) is 18.5. The molecule has 0 aromatic heterocycles. The molecule has 1 aromatic rings. The van der Waals surface area contributed by atoms with Crippen LogP contribution in [0.25, 0.3) is 0 Å². The van der Waals surface area contributed by atoms with Crippen molar-refractivity contribution in [2.75, 3.05) is 26.2 Å². The Morgan fingerprint density at radius 2 is 1.83 bits per heavy atom. The number of halogens is 3. The highest BCUT2D eigenvalue weighted by Crippen LogP contribution is 2.24. The molecule has 8 nitrogen and oxygen atoms in total. The Morgan fingerprint density at radius 1 is 1.21 bits per heavy atom. The summed E-state index contributed by atoms with van der Waals surface area (Å²) in [4.78, 5) is 11.6. The molecule has 2 N–H and O–H groups in total. The molecule has 1 atom stereocenters. The number of hydrogen-bond acceptors (Lipinski definition) is 5. The standard InChI is InChI=1S/C16H20F3N3O5S2/c1-2-28(24,25)21-9-12-7-8-22(10-12)29(26,27)14-5-3-13(4-6-14)15(23)20-11-16(17,18)19/h2-6,12,21H,1,7-11H2,(H,20,23)/t12-/m1/s1. The molecule has 1 aliphatic rings. The summed E-state index contributed by atoms with van der Waals surface area (Å²) in [6.07, 6.45) is -4.10. The molecular formula is C16H20F3N3O5S2. The van der Waals surface area contributed by atoms with Crippen molar-refractivity contribution in [1.29, 1.82) is 0 Å². The Labute approximate surface area is 166 Å². The summed E-state index contributed by atoms with van der Waals surface area (Å²) < 4.78 is 88.1. The van der Waals surface area contributed by atoms with Gasteiger partial charge in [0.2, 0.25) is 20.0 Å². The maximum absolute atomic E-state index is 12.7. The first-order valence-electron chi connectivity index (χ1n) is 8.41. The topological polar surface area (TPSA) is 113 Å². The first-order valence-corrected chi connectivity index (χ1v) is 11.4. The fraction of sp³-hybridized carbons (Fsp3) is 0.438. The van der Waals surface area contributed by atoms with Crippen LogP contribution < -0.4 is 10.0 Å². The minimum absolute atomic E-state index is 0.0681. The van der Waals surface area contributed by atoms with Crippen LogP contribution in [0.1, 0.15) is 16.8 Å². The lowest BCUT2D eigenvalue weighted by atomic mass is 10.1. The number of nitrogens with one attached hydrogen (secondary N) is 2. The number of rotatable bonds is 8. The van der Waals surface area contributed by atoms with Gasteiger partial charge >= 0.3 is 6.18 Å². The Hall–Kier alpha value is -1.96. The number of sulfonamides is 2. The van der Waals surface area contributed by atoms with Crippen LogP contribution in [0, 0.1) is 5.92 Å². The minimum Gasteiger partial charge on any atom is -0.343 e. The van der Waals surface area contributed by atoms with E-state index in [0.717, 1.165) is 29.7 Å². The highest BCUT2D eigenvalue weighted by molar-refractivity contribution is 7.92. The monoisotopic (exact) mass is 455 g/mol. The van der Waals surface area contributed by atoms with Gasteiger partial charge < -0.3 is 5.32 Å². The van der Waals surface area contributed by atoms with Gasteiger partial charge in [0.05, 0.1) is 4.90 Å². The molecule has 0 aliphatic carbocycles. The summed E-state index contributed by atoms with van der Waals surface area (Å²) in [7, 11) is -7.49.